The van der Waals surface area contributed by atoms with Crippen LogP contribution < -0.4 is 10.2 Å². The minimum atomic E-state index is -1.00. The predicted octanol–water partition coefficient (Wildman–Crippen LogP) is 6.00. The van der Waals surface area contributed by atoms with Gasteiger partial charge in [-0.1, -0.05) is 23.5 Å². The fourth-order valence-corrected chi connectivity index (χ4v) is 7.07. The molecule has 1 aliphatic rings. The summed E-state index contributed by atoms with van der Waals surface area (Å²) in [4.78, 5) is 37.5. The van der Waals surface area contributed by atoms with Crippen LogP contribution in [0.4, 0.5) is 21.9 Å². The third kappa shape index (κ3) is 6.88. The number of aromatic carboxylic acids is 1. The quantitative estimate of drug-likeness (QED) is 0.178. The molecule has 0 unspecified atom stereocenters. The molecule has 0 atom stereocenters. The second kappa shape index (κ2) is 13.0. The summed E-state index contributed by atoms with van der Waals surface area (Å²) in [6, 6.07) is 8.02. The summed E-state index contributed by atoms with van der Waals surface area (Å²) >= 11 is 3.01. The predicted molar refractivity (Wildman–Crippen MR) is 164 cm³/mol. The van der Waals surface area contributed by atoms with E-state index < -0.39 is 5.97 Å². The van der Waals surface area contributed by atoms with Gasteiger partial charge in [0.2, 0.25) is 0 Å². The van der Waals surface area contributed by atoms with Crippen molar-refractivity contribution in [3.05, 3.63) is 46.0 Å². The highest BCUT2D eigenvalue weighted by Crippen LogP contribution is 2.39. The first-order valence-electron chi connectivity index (χ1n) is 14.0. The van der Waals surface area contributed by atoms with E-state index in [1.165, 1.54) is 11.3 Å². The maximum absolute atomic E-state index is 12.1. The summed E-state index contributed by atoms with van der Waals surface area (Å²) in [5.41, 5.74) is 3.18. The van der Waals surface area contributed by atoms with Crippen LogP contribution in [0.2, 0.25) is 0 Å². The largest absolute Gasteiger partial charge is 0.476 e. The van der Waals surface area contributed by atoms with E-state index in [4.69, 9.17) is 0 Å². The summed E-state index contributed by atoms with van der Waals surface area (Å²) < 4.78 is 1.11. The van der Waals surface area contributed by atoms with Gasteiger partial charge in [0.1, 0.15) is 5.78 Å². The molecular weight excluding hydrogens is 558 g/mol. The van der Waals surface area contributed by atoms with Crippen molar-refractivity contribution in [1.82, 2.24) is 25.1 Å². The Morgan fingerprint density at radius 1 is 1.10 bits per heavy atom. The number of ketones is 1. The van der Waals surface area contributed by atoms with E-state index in [1.807, 2.05) is 36.1 Å². The van der Waals surface area contributed by atoms with Gasteiger partial charge in [-0.25, -0.2) is 14.8 Å². The van der Waals surface area contributed by atoms with E-state index in [2.05, 4.69) is 37.4 Å². The fraction of sp³-hybridized carbons (Fsp3) is 0.448. The minimum Gasteiger partial charge on any atom is -0.476 e. The number of aryl methyl sites for hydroxylation is 1. The average Bonchev–Trinajstić information content (AvgIpc) is 3.56. The second-order valence-corrected chi connectivity index (χ2v) is 12.6. The number of carboxylic acids is 1. The lowest BCUT2D eigenvalue weighted by Crippen LogP contribution is -2.27. The second-order valence-electron chi connectivity index (χ2n) is 10.5. The molecule has 2 N–H and O–H groups in total. The van der Waals surface area contributed by atoms with Gasteiger partial charge in [-0.2, -0.15) is 0 Å². The van der Waals surface area contributed by atoms with Crippen LogP contribution in [0.5, 0.6) is 0 Å². The highest BCUT2D eigenvalue weighted by atomic mass is 32.1. The normalized spacial score (nSPS) is 13.1. The van der Waals surface area contributed by atoms with Crippen molar-refractivity contribution in [3.8, 4) is 0 Å². The number of benzene rings is 1. The maximum Gasteiger partial charge on any atom is 0.355 e. The van der Waals surface area contributed by atoms with Gasteiger partial charge < -0.3 is 25.0 Å². The number of hydrogen-bond donors (Lipinski definition) is 2. The number of hydrogen-bond acceptors (Lipinski definition) is 11. The number of nitrogens with zero attached hydrogens (tertiary/aromatic N) is 6. The SMILES string of the molecule is CC(=O)CCCCN(C)CCCc1sc(N2CCCc3c2nnc(Nc2nc4ccccc4s2)c3C)nc1C(=O)O. The Hall–Kier alpha value is -3.48. The van der Waals surface area contributed by atoms with E-state index >= 15 is 0 Å². The minimum absolute atomic E-state index is 0.125. The number of para-hydroxylation sites is 1. The average molecular weight is 594 g/mol. The van der Waals surface area contributed by atoms with Crippen LogP contribution in [0.3, 0.4) is 0 Å². The highest BCUT2D eigenvalue weighted by molar-refractivity contribution is 7.22. The Kier molecular flexibility index (Phi) is 9.21. The summed E-state index contributed by atoms with van der Waals surface area (Å²) in [6.45, 7) is 6.16. The van der Waals surface area contributed by atoms with Crippen LogP contribution in [-0.2, 0) is 17.6 Å². The van der Waals surface area contributed by atoms with Crippen molar-refractivity contribution in [3.63, 3.8) is 0 Å². The van der Waals surface area contributed by atoms with Crippen molar-refractivity contribution in [2.45, 2.75) is 58.8 Å². The zero-order chi connectivity index (χ0) is 28.9. The first-order chi connectivity index (χ1) is 19.8. The number of aromatic nitrogens is 4. The number of rotatable bonds is 13. The van der Waals surface area contributed by atoms with Crippen LogP contribution in [0.25, 0.3) is 10.2 Å². The number of carbonyl (C=O) groups excluding carboxylic acids is 1. The number of carboxylic acid groups (broad SMARTS) is 1. The topological polar surface area (TPSA) is 124 Å². The van der Waals surface area contributed by atoms with E-state index in [0.717, 1.165) is 82.4 Å². The van der Waals surface area contributed by atoms with Crippen molar-refractivity contribution >= 4 is 66.5 Å². The molecule has 216 valence electrons. The molecule has 4 aromatic rings. The zero-order valence-corrected chi connectivity index (χ0v) is 25.3. The number of thiazole rings is 2. The smallest absolute Gasteiger partial charge is 0.355 e. The highest BCUT2D eigenvalue weighted by Gasteiger charge is 2.28. The molecule has 0 spiro atoms. The molecule has 0 aliphatic carbocycles. The van der Waals surface area contributed by atoms with Crippen LogP contribution in [-0.4, -0.2) is 68.6 Å². The Labute approximate surface area is 247 Å². The summed E-state index contributed by atoms with van der Waals surface area (Å²) in [7, 11) is 2.07. The van der Waals surface area contributed by atoms with E-state index in [1.54, 1.807) is 18.3 Å². The number of nitrogens with one attached hydrogen (secondary N) is 1. The van der Waals surface area contributed by atoms with Gasteiger partial charge in [0.25, 0.3) is 0 Å². The molecule has 0 saturated carbocycles. The molecule has 10 nitrogen and oxygen atoms in total. The molecule has 3 aromatic heterocycles. The van der Waals surface area contributed by atoms with Crippen molar-refractivity contribution in [1.29, 1.82) is 0 Å². The lowest BCUT2D eigenvalue weighted by atomic mass is 10.0. The Morgan fingerprint density at radius 2 is 1.90 bits per heavy atom. The van der Waals surface area contributed by atoms with Crippen LogP contribution in [0.1, 0.15) is 65.5 Å². The van der Waals surface area contributed by atoms with Crippen molar-refractivity contribution in [2.24, 2.45) is 0 Å². The first kappa shape index (κ1) is 29.0. The molecule has 41 heavy (non-hydrogen) atoms. The summed E-state index contributed by atoms with van der Waals surface area (Å²) in [6.07, 6.45) is 5.77. The Morgan fingerprint density at radius 3 is 2.68 bits per heavy atom. The third-order valence-corrected chi connectivity index (χ3v) is 9.38. The van der Waals surface area contributed by atoms with Gasteiger partial charge in [0, 0.05) is 29.0 Å². The van der Waals surface area contributed by atoms with Gasteiger partial charge >= 0.3 is 5.97 Å². The molecule has 0 amide bonds. The molecular formula is C29H35N7O3S2. The number of carbonyl (C=O) groups is 2. The van der Waals surface area contributed by atoms with Crippen molar-refractivity contribution in [2.75, 3.05) is 36.9 Å². The van der Waals surface area contributed by atoms with Gasteiger partial charge in [0.15, 0.2) is 27.6 Å². The molecule has 4 heterocycles. The van der Waals surface area contributed by atoms with Gasteiger partial charge in [-0.3, -0.25) is 0 Å². The van der Waals surface area contributed by atoms with Gasteiger partial charge in [0.05, 0.1) is 10.2 Å². The summed E-state index contributed by atoms with van der Waals surface area (Å²) in [5, 5.41) is 23.8. The molecule has 1 aliphatic heterocycles. The fourth-order valence-electron chi connectivity index (χ4n) is 5.08. The first-order valence-corrected chi connectivity index (χ1v) is 15.6. The standard InChI is InChI=1S/C29H35N7O3S2/c1-18(37)10-6-7-15-35(3)16-9-14-23-24(27(38)39)31-29(41-23)36-17-8-11-20-19(2)25(33-34-26(20)36)32-28-30-21-12-4-5-13-22(21)40-28/h4-5,12-13H,6-11,14-17H2,1-3H3,(H,38,39)(H,30,32,33). The Balaban J connectivity index is 1.28. The van der Waals surface area contributed by atoms with E-state index in [9.17, 15) is 14.7 Å². The number of anilines is 4. The molecule has 0 fully saturated rings. The third-order valence-electron chi connectivity index (χ3n) is 7.29. The molecule has 0 radical (unpaired) electrons. The van der Waals surface area contributed by atoms with Crippen molar-refractivity contribution < 1.29 is 14.7 Å². The van der Waals surface area contributed by atoms with Gasteiger partial charge in [-0.15, -0.1) is 21.5 Å². The maximum atomic E-state index is 12.1. The lowest BCUT2D eigenvalue weighted by Gasteiger charge is -2.28. The molecule has 5 rings (SSSR count). The van der Waals surface area contributed by atoms with E-state index in [0.29, 0.717) is 30.3 Å². The monoisotopic (exact) mass is 593 g/mol. The molecule has 0 bridgehead atoms. The van der Waals surface area contributed by atoms with Gasteiger partial charge in [-0.05, 0) is 84.6 Å². The van der Waals surface area contributed by atoms with E-state index in [-0.39, 0.29) is 11.5 Å². The number of fused-ring (bicyclic) bond motifs is 2. The number of Topliss-reactive ketones (excluding diaryl/α,β-unsaturated/α-hetero) is 1. The van der Waals surface area contributed by atoms with Crippen LogP contribution >= 0.6 is 22.7 Å². The number of unbranched alkanes of at least 4 members (excludes halogenated alkanes) is 1. The molecule has 1 aromatic carbocycles. The van der Waals surface area contributed by atoms with Crippen LogP contribution in [0, 0.1) is 6.92 Å². The zero-order valence-electron chi connectivity index (χ0n) is 23.6. The van der Waals surface area contributed by atoms with Crippen LogP contribution in [0.15, 0.2) is 24.3 Å². The molecule has 12 heteroatoms. The Bertz CT molecular complexity index is 1520. The lowest BCUT2D eigenvalue weighted by molar-refractivity contribution is -0.117. The molecule has 0 saturated heterocycles. The summed E-state index contributed by atoms with van der Waals surface area (Å²) in [5.74, 6) is 0.649.